The first kappa shape index (κ1) is 14.4. The van der Waals surface area contributed by atoms with E-state index in [1.54, 1.807) is 12.3 Å². The molecule has 22 heavy (non-hydrogen) atoms. The lowest BCUT2D eigenvalue weighted by molar-refractivity contribution is 0.174. The van der Waals surface area contributed by atoms with Crippen molar-refractivity contribution in [1.82, 2.24) is 0 Å². The Morgan fingerprint density at radius 1 is 1.23 bits per heavy atom. The van der Waals surface area contributed by atoms with Gasteiger partial charge >= 0.3 is 0 Å². The van der Waals surface area contributed by atoms with Crippen LogP contribution in [0, 0.1) is 6.92 Å². The molecule has 0 fully saturated rings. The fraction of sp³-hybridized carbons (Fsp3) is 0.278. The van der Waals surface area contributed by atoms with Gasteiger partial charge in [-0.05, 0) is 48.2 Å². The molecular formula is C18H19NO3. The van der Waals surface area contributed by atoms with Gasteiger partial charge in [0.15, 0.2) is 11.5 Å². The molecule has 1 N–H and O–H groups in total. The van der Waals surface area contributed by atoms with E-state index >= 15 is 0 Å². The standard InChI is InChI=1S/C18H19NO3/c1-11(2)14-8-15(12(3)7-16(14)20)19-9-13-5-4-6-17-18(13)22-10-21-17/h4-9,11,20H,10H2,1-3H3. The Morgan fingerprint density at radius 2 is 2.05 bits per heavy atom. The van der Waals surface area contributed by atoms with E-state index in [9.17, 15) is 5.11 Å². The summed E-state index contributed by atoms with van der Waals surface area (Å²) in [6.07, 6.45) is 1.77. The highest BCUT2D eigenvalue weighted by Gasteiger charge is 2.16. The van der Waals surface area contributed by atoms with Crippen LogP contribution < -0.4 is 9.47 Å². The van der Waals surface area contributed by atoms with E-state index in [2.05, 4.69) is 4.99 Å². The van der Waals surface area contributed by atoms with E-state index in [0.717, 1.165) is 33.9 Å². The lowest BCUT2D eigenvalue weighted by Crippen LogP contribution is -1.94. The number of phenols is 1. The molecule has 0 saturated heterocycles. The number of hydrogen-bond acceptors (Lipinski definition) is 4. The van der Waals surface area contributed by atoms with Crippen molar-refractivity contribution in [2.45, 2.75) is 26.7 Å². The number of fused-ring (bicyclic) bond motifs is 1. The SMILES string of the molecule is Cc1cc(O)c(C(C)C)cc1N=Cc1cccc2c1OCO2. The van der Waals surface area contributed by atoms with Gasteiger partial charge in [-0.3, -0.25) is 4.99 Å². The molecule has 0 atom stereocenters. The number of rotatable bonds is 3. The number of benzene rings is 2. The van der Waals surface area contributed by atoms with E-state index in [1.165, 1.54) is 0 Å². The van der Waals surface area contributed by atoms with Crippen LogP contribution in [-0.2, 0) is 0 Å². The van der Waals surface area contributed by atoms with Crippen LogP contribution in [0.1, 0.15) is 36.5 Å². The Hall–Kier alpha value is -2.49. The average Bonchev–Trinajstić information content (AvgIpc) is 2.95. The summed E-state index contributed by atoms with van der Waals surface area (Å²) >= 11 is 0. The zero-order valence-corrected chi connectivity index (χ0v) is 13.0. The van der Waals surface area contributed by atoms with Crippen molar-refractivity contribution in [2.24, 2.45) is 4.99 Å². The summed E-state index contributed by atoms with van der Waals surface area (Å²) in [6, 6.07) is 9.43. The summed E-state index contributed by atoms with van der Waals surface area (Å²) in [5, 5.41) is 10.0. The normalized spacial score (nSPS) is 13.3. The van der Waals surface area contributed by atoms with Crippen LogP contribution in [0.2, 0.25) is 0 Å². The third-order valence-electron chi connectivity index (χ3n) is 3.74. The monoisotopic (exact) mass is 297 g/mol. The molecule has 2 aromatic carbocycles. The van der Waals surface area contributed by atoms with Crippen molar-refractivity contribution in [1.29, 1.82) is 0 Å². The predicted molar refractivity (Wildman–Crippen MR) is 86.8 cm³/mol. The lowest BCUT2D eigenvalue weighted by atomic mass is 9.99. The number of para-hydroxylation sites is 1. The van der Waals surface area contributed by atoms with Crippen molar-refractivity contribution < 1.29 is 14.6 Å². The second kappa shape index (κ2) is 5.72. The van der Waals surface area contributed by atoms with Gasteiger partial charge in [0.25, 0.3) is 0 Å². The minimum absolute atomic E-state index is 0.243. The molecule has 1 aliphatic rings. The van der Waals surface area contributed by atoms with E-state index in [1.807, 2.05) is 45.0 Å². The molecule has 114 valence electrons. The van der Waals surface area contributed by atoms with Gasteiger partial charge < -0.3 is 14.6 Å². The van der Waals surface area contributed by atoms with Crippen LogP contribution in [0.5, 0.6) is 17.2 Å². The Labute approximate surface area is 130 Å². The second-order valence-corrected chi connectivity index (χ2v) is 5.69. The molecule has 3 rings (SSSR count). The molecule has 0 aromatic heterocycles. The first-order valence-corrected chi connectivity index (χ1v) is 7.32. The third kappa shape index (κ3) is 2.64. The fourth-order valence-corrected chi connectivity index (χ4v) is 2.49. The maximum atomic E-state index is 10.0. The summed E-state index contributed by atoms with van der Waals surface area (Å²) in [6.45, 7) is 6.28. The van der Waals surface area contributed by atoms with Gasteiger partial charge in [0.2, 0.25) is 6.79 Å². The van der Waals surface area contributed by atoms with Crippen molar-refractivity contribution in [3.63, 3.8) is 0 Å². The van der Waals surface area contributed by atoms with Gasteiger partial charge in [-0.2, -0.15) is 0 Å². The molecule has 0 spiro atoms. The predicted octanol–water partition coefficient (Wildman–Crippen LogP) is 4.30. The quantitative estimate of drug-likeness (QED) is 0.859. The topological polar surface area (TPSA) is 51.1 Å². The van der Waals surface area contributed by atoms with Crippen LogP contribution >= 0.6 is 0 Å². The summed E-state index contributed by atoms with van der Waals surface area (Å²) < 4.78 is 10.8. The van der Waals surface area contributed by atoms with Crippen LogP contribution in [0.4, 0.5) is 5.69 Å². The highest BCUT2D eigenvalue weighted by atomic mass is 16.7. The number of hydrogen-bond donors (Lipinski definition) is 1. The molecule has 0 aliphatic carbocycles. The fourth-order valence-electron chi connectivity index (χ4n) is 2.49. The summed E-state index contributed by atoms with van der Waals surface area (Å²) in [5.41, 5.74) is 3.56. The average molecular weight is 297 g/mol. The summed E-state index contributed by atoms with van der Waals surface area (Å²) in [5.74, 6) is 2.04. The number of nitrogens with zero attached hydrogens (tertiary/aromatic N) is 1. The molecule has 0 unspecified atom stereocenters. The third-order valence-corrected chi connectivity index (χ3v) is 3.74. The van der Waals surface area contributed by atoms with Crippen molar-refractivity contribution in [3.05, 3.63) is 47.0 Å². The lowest BCUT2D eigenvalue weighted by Gasteiger charge is -2.11. The van der Waals surface area contributed by atoms with Gasteiger partial charge in [-0.15, -0.1) is 0 Å². The van der Waals surface area contributed by atoms with Gasteiger partial charge in [0, 0.05) is 11.8 Å². The summed E-state index contributed by atoms with van der Waals surface area (Å²) in [7, 11) is 0. The molecule has 0 radical (unpaired) electrons. The smallest absolute Gasteiger partial charge is 0.231 e. The zero-order chi connectivity index (χ0) is 15.7. The minimum atomic E-state index is 0.243. The molecule has 0 bridgehead atoms. The number of aryl methyl sites for hydroxylation is 1. The first-order valence-electron chi connectivity index (χ1n) is 7.32. The molecule has 4 heteroatoms. The van der Waals surface area contributed by atoms with E-state index in [-0.39, 0.29) is 12.7 Å². The highest BCUT2D eigenvalue weighted by Crippen LogP contribution is 2.36. The van der Waals surface area contributed by atoms with E-state index in [4.69, 9.17) is 9.47 Å². The second-order valence-electron chi connectivity index (χ2n) is 5.69. The van der Waals surface area contributed by atoms with E-state index < -0.39 is 0 Å². The molecule has 0 amide bonds. The van der Waals surface area contributed by atoms with Crippen molar-refractivity contribution >= 4 is 11.9 Å². The first-order chi connectivity index (χ1) is 10.6. The van der Waals surface area contributed by atoms with Crippen LogP contribution in [0.3, 0.4) is 0 Å². The molecule has 1 heterocycles. The molecule has 2 aromatic rings. The van der Waals surface area contributed by atoms with Crippen LogP contribution in [0.15, 0.2) is 35.3 Å². The Balaban J connectivity index is 1.97. The molecular weight excluding hydrogens is 278 g/mol. The maximum absolute atomic E-state index is 10.0. The van der Waals surface area contributed by atoms with Gasteiger partial charge in [0.05, 0.1) is 5.69 Å². The minimum Gasteiger partial charge on any atom is -0.508 e. The highest BCUT2D eigenvalue weighted by molar-refractivity contribution is 5.87. The molecule has 1 aliphatic heterocycles. The van der Waals surface area contributed by atoms with Crippen LogP contribution in [0.25, 0.3) is 0 Å². The Bertz CT molecular complexity index is 735. The number of aromatic hydroxyl groups is 1. The maximum Gasteiger partial charge on any atom is 0.231 e. The summed E-state index contributed by atoms with van der Waals surface area (Å²) in [4.78, 5) is 4.57. The van der Waals surface area contributed by atoms with Crippen LogP contribution in [-0.4, -0.2) is 18.1 Å². The number of aliphatic imine (C=N–C) groups is 1. The van der Waals surface area contributed by atoms with Gasteiger partial charge in [-0.25, -0.2) is 0 Å². The van der Waals surface area contributed by atoms with Gasteiger partial charge in [-0.1, -0.05) is 19.9 Å². The Morgan fingerprint density at radius 3 is 2.82 bits per heavy atom. The largest absolute Gasteiger partial charge is 0.508 e. The van der Waals surface area contributed by atoms with E-state index in [0.29, 0.717) is 5.75 Å². The zero-order valence-electron chi connectivity index (χ0n) is 13.0. The van der Waals surface area contributed by atoms with Crippen molar-refractivity contribution in [2.75, 3.05) is 6.79 Å². The molecule has 0 saturated carbocycles. The Kier molecular flexibility index (Phi) is 3.75. The van der Waals surface area contributed by atoms with Gasteiger partial charge in [0.1, 0.15) is 5.75 Å². The number of ether oxygens (including phenoxy) is 2. The molecule has 4 nitrogen and oxygen atoms in total. The number of phenolic OH excluding ortho intramolecular Hbond substituents is 1. The van der Waals surface area contributed by atoms with Crippen molar-refractivity contribution in [3.8, 4) is 17.2 Å².